The molecule has 0 unspecified atom stereocenters. The van der Waals surface area contributed by atoms with E-state index in [9.17, 15) is 0 Å². The van der Waals surface area contributed by atoms with Crippen LogP contribution in [0.5, 0.6) is 0 Å². The van der Waals surface area contributed by atoms with Gasteiger partial charge in [0.2, 0.25) is 0 Å². The van der Waals surface area contributed by atoms with Crippen LogP contribution < -0.4 is 0 Å². The van der Waals surface area contributed by atoms with Crippen LogP contribution in [0.15, 0.2) is 174 Å². The molecule has 242 valence electrons. The third-order valence-electron chi connectivity index (χ3n) is 10.9. The highest BCUT2D eigenvalue weighted by Crippen LogP contribution is 2.48. The summed E-state index contributed by atoms with van der Waals surface area (Å²) in [6, 6.07) is 61.5. The van der Waals surface area contributed by atoms with Crippen LogP contribution in [0.1, 0.15) is 0 Å². The van der Waals surface area contributed by atoms with Crippen molar-refractivity contribution >= 4 is 97.1 Å². The molecule has 0 bridgehead atoms. The topological polar surface area (TPSA) is 23.0 Å². The maximum Gasteiger partial charge on any atom is 0.136 e. The minimum Gasteiger partial charge on any atom is -0.456 e. The second-order valence-corrected chi connectivity index (χ2v) is 14.7. The maximum atomic E-state index is 6.33. The summed E-state index contributed by atoms with van der Waals surface area (Å²) in [4.78, 5) is 0. The molecular weight excluding hydrogens is 653 g/mol. The van der Waals surface area contributed by atoms with E-state index >= 15 is 0 Å². The van der Waals surface area contributed by atoms with Crippen LogP contribution in [-0.2, 0) is 0 Å². The molecule has 12 rings (SSSR count). The molecule has 0 atom stereocenters. The van der Waals surface area contributed by atoms with Crippen LogP contribution in [0.4, 0.5) is 0 Å². The van der Waals surface area contributed by atoms with Gasteiger partial charge in [0, 0.05) is 53.5 Å². The van der Waals surface area contributed by atoms with Gasteiger partial charge in [-0.3, -0.25) is 0 Å². The maximum absolute atomic E-state index is 6.33. The molecule has 0 aliphatic carbocycles. The molecule has 0 aliphatic rings. The lowest BCUT2D eigenvalue weighted by Gasteiger charge is -2.11. The number of hydrogen-bond acceptors (Lipinski definition) is 2. The summed E-state index contributed by atoms with van der Waals surface area (Å²) >= 11 is 1.88. The van der Waals surface area contributed by atoms with E-state index in [4.69, 9.17) is 4.42 Å². The Bertz CT molecular complexity index is 3410. The van der Waals surface area contributed by atoms with Crippen LogP contribution in [-0.4, -0.2) is 9.13 Å². The molecule has 52 heavy (non-hydrogen) atoms. The van der Waals surface area contributed by atoms with Gasteiger partial charge in [-0.1, -0.05) is 109 Å². The normalized spacial score (nSPS) is 12.2. The lowest BCUT2D eigenvalue weighted by atomic mass is 9.95. The number of fused-ring (bicyclic) bond motifs is 13. The predicted octanol–water partition coefficient (Wildman–Crippen LogP) is 13.8. The fourth-order valence-electron chi connectivity index (χ4n) is 8.87. The third kappa shape index (κ3) is 3.69. The van der Waals surface area contributed by atoms with Gasteiger partial charge in [0.1, 0.15) is 11.2 Å². The quantitative estimate of drug-likeness (QED) is 0.182. The molecule has 0 saturated heterocycles. The zero-order valence-electron chi connectivity index (χ0n) is 27.9. The Morgan fingerprint density at radius 1 is 0.365 bits per heavy atom. The average Bonchev–Trinajstić information content (AvgIpc) is 3.95. The zero-order chi connectivity index (χ0) is 33.9. The molecule has 0 spiro atoms. The Balaban J connectivity index is 1.18. The number of benzene rings is 8. The number of furan rings is 1. The van der Waals surface area contributed by atoms with Crippen molar-refractivity contribution in [1.29, 1.82) is 0 Å². The summed E-state index contributed by atoms with van der Waals surface area (Å²) in [7, 11) is 0. The average molecular weight is 681 g/mol. The highest BCUT2D eigenvalue weighted by molar-refractivity contribution is 7.26. The first-order valence-corrected chi connectivity index (χ1v) is 18.5. The van der Waals surface area contributed by atoms with Gasteiger partial charge in [-0.25, -0.2) is 0 Å². The molecule has 0 amide bonds. The second-order valence-electron chi connectivity index (χ2n) is 13.6. The number of hydrogen-bond donors (Lipinski definition) is 0. The summed E-state index contributed by atoms with van der Waals surface area (Å²) in [5.41, 5.74) is 11.5. The summed E-state index contributed by atoms with van der Waals surface area (Å²) < 4.78 is 13.8. The SMILES string of the molecule is c1ccc(-n2c3ccccc3c3c4c5ccccc5n(-c5cccc6c5sc5cccc(-c7cccc8oc9ccccc9c78)c56)c4ccc32)cc1. The minimum atomic E-state index is 0.918. The monoisotopic (exact) mass is 680 g/mol. The van der Waals surface area contributed by atoms with Crippen LogP contribution in [0.2, 0.25) is 0 Å². The summed E-state index contributed by atoms with van der Waals surface area (Å²) in [5.74, 6) is 0. The van der Waals surface area contributed by atoms with E-state index in [0.717, 1.165) is 16.6 Å². The van der Waals surface area contributed by atoms with E-state index in [1.54, 1.807) is 0 Å². The molecule has 12 aromatic rings. The predicted molar refractivity (Wildman–Crippen MR) is 221 cm³/mol. The van der Waals surface area contributed by atoms with Crippen LogP contribution in [0, 0.1) is 0 Å². The first kappa shape index (κ1) is 28.1. The van der Waals surface area contributed by atoms with Crippen molar-refractivity contribution in [3.05, 3.63) is 170 Å². The van der Waals surface area contributed by atoms with E-state index in [2.05, 4.69) is 173 Å². The van der Waals surface area contributed by atoms with E-state index in [0.29, 0.717) is 0 Å². The molecule has 4 heteroatoms. The first-order valence-electron chi connectivity index (χ1n) is 17.7. The molecule has 0 aliphatic heterocycles. The Kier molecular flexibility index (Phi) is 5.65. The Morgan fingerprint density at radius 2 is 0.942 bits per heavy atom. The summed E-state index contributed by atoms with van der Waals surface area (Å²) in [6.45, 7) is 0. The fourth-order valence-corrected chi connectivity index (χ4v) is 10.1. The lowest BCUT2D eigenvalue weighted by Crippen LogP contribution is -1.95. The molecule has 4 aromatic heterocycles. The molecule has 0 saturated carbocycles. The number of aromatic nitrogens is 2. The van der Waals surface area contributed by atoms with Gasteiger partial charge in [0.15, 0.2) is 0 Å². The summed E-state index contributed by atoms with van der Waals surface area (Å²) in [5, 5.41) is 9.98. The van der Waals surface area contributed by atoms with Gasteiger partial charge >= 0.3 is 0 Å². The Morgan fingerprint density at radius 3 is 1.73 bits per heavy atom. The highest BCUT2D eigenvalue weighted by atomic mass is 32.1. The molecule has 8 aromatic carbocycles. The Labute approximate surface area is 301 Å². The first-order chi connectivity index (χ1) is 25.8. The van der Waals surface area contributed by atoms with Crippen molar-refractivity contribution in [2.24, 2.45) is 0 Å². The standard InChI is InChI=1S/C48H28N2OS/c1-2-13-29(14-3-1)49-36-21-7-4-15-32(36)46-38(49)27-28-39-47(46)33-16-5-8-22-37(33)50(39)40-23-10-20-35-45-31(19-12-26-43(45)52-48(35)40)30-18-11-25-42-44(30)34-17-6-9-24-41(34)51-42/h1-28H. The van der Waals surface area contributed by atoms with Crippen molar-refractivity contribution in [2.75, 3.05) is 0 Å². The van der Waals surface area contributed by atoms with Crippen LogP contribution >= 0.6 is 11.3 Å². The van der Waals surface area contributed by atoms with Crippen molar-refractivity contribution in [1.82, 2.24) is 9.13 Å². The molecular formula is C48H28N2OS. The minimum absolute atomic E-state index is 0.918. The highest BCUT2D eigenvalue weighted by Gasteiger charge is 2.23. The number of thiophene rings is 1. The van der Waals surface area contributed by atoms with E-state index in [-0.39, 0.29) is 0 Å². The van der Waals surface area contributed by atoms with Crippen molar-refractivity contribution in [3.8, 4) is 22.5 Å². The number of rotatable bonds is 3. The van der Waals surface area contributed by atoms with Crippen molar-refractivity contribution < 1.29 is 4.42 Å². The zero-order valence-corrected chi connectivity index (χ0v) is 28.7. The van der Waals surface area contributed by atoms with E-state index < -0.39 is 0 Å². The van der Waals surface area contributed by atoms with Gasteiger partial charge in [0.25, 0.3) is 0 Å². The Hall–Kier alpha value is -6.62. The van der Waals surface area contributed by atoms with Crippen molar-refractivity contribution in [3.63, 3.8) is 0 Å². The van der Waals surface area contributed by atoms with Crippen LogP contribution in [0.3, 0.4) is 0 Å². The number of nitrogens with zero attached hydrogens (tertiary/aromatic N) is 2. The van der Waals surface area contributed by atoms with E-state index in [1.165, 1.54) is 91.7 Å². The molecule has 4 heterocycles. The van der Waals surface area contributed by atoms with Gasteiger partial charge < -0.3 is 13.6 Å². The number of para-hydroxylation sites is 4. The third-order valence-corrected chi connectivity index (χ3v) is 12.1. The smallest absolute Gasteiger partial charge is 0.136 e. The van der Waals surface area contributed by atoms with Gasteiger partial charge in [-0.15, -0.1) is 11.3 Å². The van der Waals surface area contributed by atoms with Crippen molar-refractivity contribution in [2.45, 2.75) is 0 Å². The van der Waals surface area contributed by atoms with Gasteiger partial charge in [-0.05, 0) is 71.8 Å². The fraction of sp³-hybridized carbons (Fsp3) is 0. The molecule has 0 N–H and O–H groups in total. The molecule has 0 radical (unpaired) electrons. The summed E-state index contributed by atoms with van der Waals surface area (Å²) in [6.07, 6.45) is 0. The second kappa shape index (κ2) is 10.5. The molecule has 3 nitrogen and oxygen atoms in total. The largest absolute Gasteiger partial charge is 0.456 e. The lowest BCUT2D eigenvalue weighted by molar-refractivity contribution is 0.669. The van der Waals surface area contributed by atoms with Gasteiger partial charge in [-0.2, -0.15) is 0 Å². The van der Waals surface area contributed by atoms with Crippen LogP contribution in [0.25, 0.3) is 108 Å². The van der Waals surface area contributed by atoms with E-state index in [1.807, 2.05) is 17.4 Å². The van der Waals surface area contributed by atoms with Gasteiger partial charge in [0.05, 0.1) is 32.5 Å². The molecule has 0 fully saturated rings.